The first-order valence-electron chi connectivity index (χ1n) is 10.0. The van der Waals surface area contributed by atoms with Crippen molar-refractivity contribution in [2.75, 3.05) is 18.0 Å². The van der Waals surface area contributed by atoms with E-state index in [9.17, 15) is 18.0 Å². The molecule has 1 unspecified atom stereocenters. The summed E-state index contributed by atoms with van der Waals surface area (Å²) in [5.74, 6) is 0.192. The van der Waals surface area contributed by atoms with E-state index < -0.39 is 11.7 Å². The van der Waals surface area contributed by atoms with Crippen molar-refractivity contribution in [1.29, 1.82) is 0 Å². The van der Waals surface area contributed by atoms with Crippen molar-refractivity contribution >= 4 is 23.3 Å². The first-order chi connectivity index (χ1) is 14.2. The molecule has 0 radical (unpaired) electrons. The number of anilines is 1. The van der Waals surface area contributed by atoms with Crippen molar-refractivity contribution in [1.82, 2.24) is 10.3 Å². The molecule has 1 aromatic carbocycles. The van der Waals surface area contributed by atoms with Gasteiger partial charge in [0, 0.05) is 25.2 Å². The first kappa shape index (κ1) is 22.4. The molecule has 4 nitrogen and oxygen atoms in total. The molecule has 0 aliphatic carbocycles. The summed E-state index contributed by atoms with van der Waals surface area (Å²) in [5.41, 5.74) is 1.38. The van der Waals surface area contributed by atoms with Gasteiger partial charge in [0.1, 0.15) is 5.82 Å². The van der Waals surface area contributed by atoms with Crippen LogP contribution in [0.25, 0.3) is 0 Å². The van der Waals surface area contributed by atoms with Crippen molar-refractivity contribution in [3.8, 4) is 0 Å². The largest absolute Gasteiger partial charge is 0.417 e. The topological polar surface area (TPSA) is 45.2 Å². The zero-order valence-electron chi connectivity index (χ0n) is 17.0. The Hall–Kier alpha value is -2.28. The van der Waals surface area contributed by atoms with Crippen LogP contribution in [0.1, 0.15) is 48.9 Å². The number of nitrogens with zero attached hydrogens (tertiary/aromatic N) is 2. The number of carbonyl (C=O) groups excluding carboxylic acids is 1. The fourth-order valence-corrected chi connectivity index (χ4v) is 3.97. The molecule has 0 bridgehead atoms. The second-order valence-corrected chi connectivity index (χ2v) is 8.08. The van der Waals surface area contributed by atoms with Crippen LogP contribution in [-0.4, -0.2) is 24.0 Å². The van der Waals surface area contributed by atoms with E-state index in [-0.39, 0.29) is 22.9 Å². The van der Waals surface area contributed by atoms with E-state index in [1.165, 1.54) is 5.56 Å². The molecule has 2 aromatic rings. The molecule has 1 atom stereocenters. The number of nitrogens with one attached hydrogen (secondary N) is 1. The summed E-state index contributed by atoms with van der Waals surface area (Å²) in [4.78, 5) is 18.5. The molecule has 1 aromatic heterocycles. The number of alkyl halides is 3. The fraction of sp³-hybridized carbons (Fsp3) is 0.455. The third-order valence-corrected chi connectivity index (χ3v) is 5.80. The predicted octanol–water partition coefficient (Wildman–Crippen LogP) is 5.55. The van der Waals surface area contributed by atoms with Gasteiger partial charge in [-0.25, -0.2) is 4.98 Å². The highest BCUT2D eigenvalue weighted by Gasteiger charge is 2.33. The summed E-state index contributed by atoms with van der Waals surface area (Å²) in [5, 5.41) is 3.11. The highest BCUT2D eigenvalue weighted by Crippen LogP contribution is 2.34. The molecule has 162 valence electrons. The van der Waals surface area contributed by atoms with E-state index in [1.54, 1.807) is 0 Å². The lowest BCUT2D eigenvalue weighted by Crippen LogP contribution is -2.42. The third kappa shape index (κ3) is 5.25. The Bertz CT molecular complexity index is 878. The van der Waals surface area contributed by atoms with Crippen molar-refractivity contribution in [3.05, 3.63) is 58.2 Å². The summed E-state index contributed by atoms with van der Waals surface area (Å²) in [6, 6.07) is 8.99. The van der Waals surface area contributed by atoms with E-state index >= 15 is 0 Å². The summed E-state index contributed by atoms with van der Waals surface area (Å²) in [7, 11) is 0. The highest BCUT2D eigenvalue weighted by molar-refractivity contribution is 6.33. The van der Waals surface area contributed by atoms with E-state index in [2.05, 4.69) is 10.3 Å². The van der Waals surface area contributed by atoms with Crippen LogP contribution < -0.4 is 10.2 Å². The number of aromatic nitrogens is 1. The summed E-state index contributed by atoms with van der Waals surface area (Å²) in [6.45, 7) is 5.08. The maximum Gasteiger partial charge on any atom is 0.417 e. The second kappa shape index (κ2) is 9.25. The highest BCUT2D eigenvalue weighted by atomic mass is 35.5. The molecule has 30 heavy (non-hydrogen) atoms. The van der Waals surface area contributed by atoms with Crippen molar-refractivity contribution < 1.29 is 18.0 Å². The quantitative estimate of drug-likeness (QED) is 0.664. The van der Waals surface area contributed by atoms with Gasteiger partial charge in [0.15, 0.2) is 0 Å². The average Bonchev–Trinajstić information content (AvgIpc) is 2.72. The fourth-order valence-electron chi connectivity index (χ4n) is 3.68. The zero-order chi connectivity index (χ0) is 21.9. The van der Waals surface area contributed by atoms with Gasteiger partial charge in [0.05, 0.1) is 16.6 Å². The first-order valence-corrected chi connectivity index (χ1v) is 10.4. The van der Waals surface area contributed by atoms with Crippen LogP contribution in [0.3, 0.4) is 0 Å². The number of aryl methyl sites for hydroxylation is 1. The lowest BCUT2D eigenvalue weighted by molar-refractivity contribution is -0.137. The summed E-state index contributed by atoms with van der Waals surface area (Å²) < 4.78 is 38.4. The Morgan fingerprint density at radius 3 is 2.43 bits per heavy atom. The number of amides is 1. The van der Waals surface area contributed by atoms with Crippen LogP contribution >= 0.6 is 11.6 Å². The Balaban J connectivity index is 1.59. The molecule has 3 rings (SSSR count). The van der Waals surface area contributed by atoms with E-state index in [0.717, 1.165) is 24.2 Å². The van der Waals surface area contributed by atoms with Gasteiger partial charge in [0.25, 0.3) is 0 Å². The average molecular weight is 440 g/mol. The number of piperidine rings is 1. The smallest absolute Gasteiger partial charge is 0.355 e. The number of pyridine rings is 1. The minimum absolute atomic E-state index is 0.00792. The van der Waals surface area contributed by atoms with Gasteiger partial charge in [-0.3, -0.25) is 4.79 Å². The predicted molar refractivity (Wildman–Crippen MR) is 112 cm³/mol. The summed E-state index contributed by atoms with van der Waals surface area (Å²) in [6.07, 6.45) is -1.70. The second-order valence-electron chi connectivity index (χ2n) is 7.67. The SMILES string of the molecule is CCC(NC(=O)C1CCN(c2ncc(C(F)(F)F)cc2Cl)CC1)c1ccc(C)cc1. The minimum atomic E-state index is -4.48. The normalized spacial score (nSPS) is 16.4. The molecule has 1 aliphatic heterocycles. The van der Waals surface area contributed by atoms with Crippen molar-refractivity contribution in [2.45, 2.75) is 45.3 Å². The van der Waals surface area contributed by atoms with Crippen molar-refractivity contribution in [3.63, 3.8) is 0 Å². The van der Waals surface area contributed by atoms with Gasteiger partial charge in [-0.2, -0.15) is 13.2 Å². The molecule has 1 amide bonds. The van der Waals surface area contributed by atoms with Gasteiger partial charge in [-0.15, -0.1) is 0 Å². The van der Waals surface area contributed by atoms with E-state index in [4.69, 9.17) is 11.6 Å². The maximum atomic E-state index is 12.8. The monoisotopic (exact) mass is 439 g/mol. The molecule has 2 heterocycles. The van der Waals surface area contributed by atoms with Crippen LogP contribution in [0.5, 0.6) is 0 Å². The van der Waals surface area contributed by atoms with E-state index in [0.29, 0.717) is 31.7 Å². The molecule has 1 N–H and O–H groups in total. The Morgan fingerprint density at radius 2 is 1.90 bits per heavy atom. The van der Waals surface area contributed by atoms with Crippen LogP contribution in [0.2, 0.25) is 5.02 Å². The Labute approximate surface area is 179 Å². The third-order valence-electron chi connectivity index (χ3n) is 5.52. The molecule has 1 saturated heterocycles. The molecule has 1 fully saturated rings. The van der Waals surface area contributed by atoms with Gasteiger partial charge in [-0.05, 0) is 37.8 Å². The lowest BCUT2D eigenvalue weighted by atomic mass is 9.94. The number of halogens is 4. The summed E-state index contributed by atoms with van der Waals surface area (Å²) >= 11 is 6.05. The van der Waals surface area contributed by atoms with Crippen LogP contribution in [-0.2, 0) is 11.0 Å². The van der Waals surface area contributed by atoms with Gasteiger partial charge < -0.3 is 10.2 Å². The van der Waals surface area contributed by atoms with Crippen LogP contribution in [0.4, 0.5) is 19.0 Å². The molecule has 8 heteroatoms. The van der Waals surface area contributed by atoms with E-state index in [1.807, 2.05) is 43.0 Å². The molecule has 1 aliphatic rings. The Morgan fingerprint density at radius 1 is 1.27 bits per heavy atom. The van der Waals surface area contributed by atoms with Crippen LogP contribution in [0, 0.1) is 12.8 Å². The molecule has 0 spiro atoms. The Kier molecular flexibility index (Phi) is 6.91. The number of hydrogen-bond acceptors (Lipinski definition) is 3. The number of hydrogen-bond donors (Lipinski definition) is 1. The van der Waals surface area contributed by atoms with Gasteiger partial charge >= 0.3 is 6.18 Å². The number of rotatable bonds is 5. The molecular formula is C22H25ClF3N3O. The minimum Gasteiger partial charge on any atom is -0.355 e. The zero-order valence-corrected chi connectivity index (χ0v) is 17.7. The van der Waals surface area contributed by atoms with Gasteiger partial charge in [0.2, 0.25) is 5.91 Å². The molecule has 0 saturated carbocycles. The van der Waals surface area contributed by atoms with Gasteiger partial charge in [-0.1, -0.05) is 48.4 Å². The maximum absolute atomic E-state index is 12.8. The van der Waals surface area contributed by atoms with Crippen LogP contribution in [0.15, 0.2) is 36.5 Å². The standard InChI is InChI=1S/C22H25ClF3N3O/c1-3-19(15-6-4-14(2)5-7-15)28-21(30)16-8-10-29(11-9-16)20-18(23)12-17(13-27-20)22(24,25)26/h4-7,12-13,16,19H,3,8-11H2,1-2H3,(H,28,30). The molecular weight excluding hydrogens is 415 g/mol. The lowest BCUT2D eigenvalue weighted by Gasteiger charge is -2.33. The van der Waals surface area contributed by atoms with Crippen molar-refractivity contribution in [2.24, 2.45) is 5.92 Å². The number of benzene rings is 1. The number of carbonyl (C=O) groups is 1.